The maximum absolute atomic E-state index is 11.7. The molecule has 0 aromatic heterocycles. The first-order valence-corrected chi connectivity index (χ1v) is 6.90. The van der Waals surface area contributed by atoms with E-state index < -0.39 is 0 Å². The number of rotatable bonds is 6. The first-order chi connectivity index (χ1) is 8.93. The molecule has 5 heteroatoms. The summed E-state index contributed by atoms with van der Waals surface area (Å²) in [6.07, 6.45) is 0.703. The van der Waals surface area contributed by atoms with E-state index in [1.807, 2.05) is 20.8 Å². The van der Waals surface area contributed by atoms with Crippen LogP contribution in [-0.2, 0) is 4.79 Å². The Morgan fingerprint density at radius 1 is 1.42 bits per heavy atom. The van der Waals surface area contributed by atoms with Crippen LogP contribution in [0.15, 0.2) is 22.7 Å². The fourth-order valence-electron chi connectivity index (χ4n) is 1.35. The highest BCUT2D eigenvalue weighted by Gasteiger charge is 2.12. The minimum absolute atomic E-state index is 0.0894. The molecular weight excluding hydrogens is 310 g/mol. The van der Waals surface area contributed by atoms with Crippen LogP contribution in [0.3, 0.4) is 0 Å². The molecule has 104 valence electrons. The van der Waals surface area contributed by atoms with Crippen molar-refractivity contribution < 1.29 is 14.3 Å². The third-order valence-corrected chi connectivity index (χ3v) is 3.34. The molecule has 4 nitrogen and oxygen atoms in total. The van der Waals surface area contributed by atoms with E-state index in [0.29, 0.717) is 23.5 Å². The summed E-state index contributed by atoms with van der Waals surface area (Å²) in [7, 11) is 0. The summed E-state index contributed by atoms with van der Waals surface area (Å²) in [4.78, 5) is 22.6. The van der Waals surface area contributed by atoms with Gasteiger partial charge in [0.15, 0.2) is 12.9 Å². The van der Waals surface area contributed by atoms with Crippen LogP contribution >= 0.6 is 15.9 Å². The van der Waals surface area contributed by atoms with Crippen LogP contribution in [0.25, 0.3) is 0 Å². The molecule has 0 aliphatic carbocycles. The molecule has 1 aromatic rings. The summed E-state index contributed by atoms with van der Waals surface area (Å²) >= 11 is 3.27. The monoisotopic (exact) mass is 327 g/mol. The van der Waals surface area contributed by atoms with Crippen LogP contribution in [0.1, 0.15) is 31.1 Å². The van der Waals surface area contributed by atoms with Gasteiger partial charge >= 0.3 is 0 Å². The van der Waals surface area contributed by atoms with Gasteiger partial charge in [-0.2, -0.15) is 0 Å². The Balaban J connectivity index is 2.57. The fraction of sp³-hybridized carbons (Fsp3) is 0.429. The molecule has 0 aliphatic heterocycles. The predicted molar refractivity (Wildman–Crippen MR) is 77.5 cm³/mol. The lowest BCUT2D eigenvalue weighted by Crippen LogP contribution is -2.39. The minimum atomic E-state index is -0.194. The molecular formula is C14H18BrNO3. The lowest BCUT2D eigenvalue weighted by molar-refractivity contribution is -0.124. The van der Waals surface area contributed by atoms with Gasteiger partial charge in [0.1, 0.15) is 5.75 Å². The molecule has 1 N–H and O–H groups in total. The zero-order valence-electron chi connectivity index (χ0n) is 11.3. The summed E-state index contributed by atoms with van der Waals surface area (Å²) in [5, 5.41) is 2.84. The highest BCUT2D eigenvalue weighted by atomic mass is 79.9. The standard InChI is InChI=1S/C14H18BrNO3/c1-9(2)10(3)16-14(18)8-19-13-5-4-12(15)6-11(13)7-17/h4-7,9-10H,8H2,1-3H3,(H,16,18)/t10-/m0/s1. The van der Waals surface area contributed by atoms with E-state index in [9.17, 15) is 9.59 Å². The van der Waals surface area contributed by atoms with Crippen LogP contribution in [0.2, 0.25) is 0 Å². The van der Waals surface area contributed by atoms with Crippen molar-refractivity contribution in [2.45, 2.75) is 26.8 Å². The molecule has 0 unspecified atom stereocenters. The van der Waals surface area contributed by atoms with Gasteiger partial charge in [-0.05, 0) is 31.0 Å². The zero-order valence-corrected chi connectivity index (χ0v) is 12.9. The second-order valence-corrected chi connectivity index (χ2v) is 5.60. The Morgan fingerprint density at radius 2 is 2.11 bits per heavy atom. The molecule has 0 fully saturated rings. The molecule has 0 saturated carbocycles. The molecule has 1 aromatic carbocycles. The SMILES string of the molecule is CC(C)[C@H](C)NC(=O)COc1ccc(Br)cc1C=O. The highest BCUT2D eigenvalue weighted by molar-refractivity contribution is 9.10. The summed E-state index contributed by atoms with van der Waals surface area (Å²) in [5.74, 6) is 0.577. The van der Waals surface area contributed by atoms with Crippen molar-refractivity contribution in [3.05, 3.63) is 28.2 Å². The van der Waals surface area contributed by atoms with Gasteiger partial charge in [-0.25, -0.2) is 0 Å². The Morgan fingerprint density at radius 3 is 2.68 bits per heavy atom. The van der Waals surface area contributed by atoms with E-state index in [1.54, 1.807) is 18.2 Å². The lowest BCUT2D eigenvalue weighted by atomic mass is 10.1. The summed E-state index contributed by atoms with van der Waals surface area (Å²) in [5.41, 5.74) is 0.416. The molecule has 0 saturated heterocycles. The Kier molecular flexibility index (Phi) is 6.02. The molecule has 0 aliphatic rings. The topological polar surface area (TPSA) is 55.4 Å². The van der Waals surface area contributed by atoms with Crippen molar-refractivity contribution in [3.63, 3.8) is 0 Å². The van der Waals surface area contributed by atoms with Gasteiger partial charge in [-0.1, -0.05) is 29.8 Å². The van der Waals surface area contributed by atoms with Gasteiger partial charge in [0.05, 0.1) is 5.56 Å². The fourth-order valence-corrected chi connectivity index (χ4v) is 1.73. The number of benzene rings is 1. The third-order valence-electron chi connectivity index (χ3n) is 2.85. The molecule has 0 heterocycles. The van der Waals surface area contributed by atoms with Crippen LogP contribution in [0.5, 0.6) is 5.75 Å². The van der Waals surface area contributed by atoms with Crippen molar-refractivity contribution in [1.82, 2.24) is 5.32 Å². The van der Waals surface area contributed by atoms with Crippen LogP contribution in [0, 0.1) is 5.92 Å². The molecule has 1 rings (SSSR count). The second-order valence-electron chi connectivity index (χ2n) is 4.69. The quantitative estimate of drug-likeness (QED) is 0.817. The minimum Gasteiger partial charge on any atom is -0.483 e. The van der Waals surface area contributed by atoms with Gasteiger partial charge in [0.2, 0.25) is 0 Å². The third kappa shape index (κ3) is 5.03. The molecule has 1 atom stereocenters. The van der Waals surface area contributed by atoms with Crippen LogP contribution in [-0.4, -0.2) is 24.8 Å². The van der Waals surface area contributed by atoms with E-state index in [2.05, 4.69) is 21.2 Å². The smallest absolute Gasteiger partial charge is 0.258 e. The maximum Gasteiger partial charge on any atom is 0.258 e. The van der Waals surface area contributed by atoms with E-state index in [4.69, 9.17) is 4.74 Å². The van der Waals surface area contributed by atoms with Crippen molar-refractivity contribution in [3.8, 4) is 5.75 Å². The molecule has 1 amide bonds. The average Bonchev–Trinajstić information content (AvgIpc) is 2.36. The summed E-state index contributed by atoms with van der Waals surface area (Å²) in [6.45, 7) is 5.91. The van der Waals surface area contributed by atoms with Crippen LogP contribution in [0.4, 0.5) is 0 Å². The largest absolute Gasteiger partial charge is 0.483 e. The van der Waals surface area contributed by atoms with Gasteiger partial charge in [0, 0.05) is 10.5 Å². The molecule has 0 spiro atoms. The number of nitrogens with one attached hydrogen (secondary N) is 1. The van der Waals surface area contributed by atoms with E-state index in [-0.39, 0.29) is 18.6 Å². The Hall–Kier alpha value is -1.36. The van der Waals surface area contributed by atoms with Gasteiger partial charge in [-0.3, -0.25) is 9.59 Å². The number of hydrogen-bond acceptors (Lipinski definition) is 3. The summed E-state index contributed by atoms with van der Waals surface area (Å²) < 4.78 is 6.15. The number of ether oxygens (including phenoxy) is 1. The number of carbonyl (C=O) groups is 2. The number of amides is 1. The zero-order chi connectivity index (χ0) is 14.4. The van der Waals surface area contributed by atoms with Crippen molar-refractivity contribution in [1.29, 1.82) is 0 Å². The Labute approximate surface area is 121 Å². The molecule has 19 heavy (non-hydrogen) atoms. The lowest BCUT2D eigenvalue weighted by Gasteiger charge is -2.17. The maximum atomic E-state index is 11.7. The Bertz CT molecular complexity index is 460. The number of aldehydes is 1. The second kappa shape index (κ2) is 7.28. The molecule has 0 bridgehead atoms. The van der Waals surface area contributed by atoms with E-state index >= 15 is 0 Å². The predicted octanol–water partition coefficient (Wildman–Crippen LogP) is 2.80. The first-order valence-electron chi connectivity index (χ1n) is 6.11. The van der Waals surface area contributed by atoms with E-state index in [0.717, 1.165) is 4.47 Å². The van der Waals surface area contributed by atoms with Gasteiger partial charge in [0.25, 0.3) is 5.91 Å². The van der Waals surface area contributed by atoms with Crippen molar-refractivity contribution in [2.24, 2.45) is 5.92 Å². The number of halogens is 1. The normalized spacial score (nSPS) is 12.1. The summed E-state index contributed by atoms with van der Waals surface area (Å²) in [6, 6.07) is 5.16. The van der Waals surface area contributed by atoms with Gasteiger partial charge in [-0.15, -0.1) is 0 Å². The first kappa shape index (κ1) is 15.7. The highest BCUT2D eigenvalue weighted by Crippen LogP contribution is 2.21. The van der Waals surface area contributed by atoms with Crippen LogP contribution < -0.4 is 10.1 Å². The van der Waals surface area contributed by atoms with E-state index in [1.165, 1.54) is 0 Å². The van der Waals surface area contributed by atoms with Crippen molar-refractivity contribution in [2.75, 3.05) is 6.61 Å². The number of carbonyl (C=O) groups excluding carboxylic acids is 2. The van der Waals surface area contributed by atoms with Crippen molar-refractivity contribution >= 4 is 28.1 Å². The molecule has 0 radical (unpaired) electrons. The average molecular weight is 328 g/mol. The van der Waals surface area contributed by atoms with Gasteiger partial charge < -0.3 is 10.1 Å². The number of hydrogen-bond donors (Lipinski definition) is 1.